The molecule has 9 aromatic rings. The molecule has 0 aliphatic carbocycles. The van der Waals surface area contributed by atoms with Gasteiger partial charge in [-0.15, -0.1) is 0 Å². The SMILES string of the molecule is N#Cc1ccc2c(c1)c1ccccc1n2-c1cccc(C#N)c1-c1c(C#N)cccc1-c1c2ccccc2c(-c2ccccc2)c2ccccc12. The average Bonchev–Trinajstić information content (AvgIpc) is 3.53. The van der Waals surface area contributed by atoms with Gasteiger partial charge in [-0.1, -0.05) is 115 Å². The molecule has 0 N–H and O–H groups in total. The van der Waals surface area contributed by atoms with Gasteiger partial charge >= 0.3 is 0 Å². The van der Waals surface area contributed by atoms with Crippen molar-refractivity contribution in [2.45, 2.75) is 0 Å². The van der Waals surface area contributed by atoms with Gasteiger partial charge < -0.3 is 4.57 Å². The van der Waals surface area contributed by atoms with Crippen LogP contribution < -0.4 is 0 Å². The molecule has 51 heavy (non-hydrogen) atoms. The first kappa shape index (κ1) is 29.7. The lowest BCUT2D eigenvalue weighted by atomic mass is 9.82. The highest BCUT2D eigenvalue weighted by Gasteiger charge is 2.25. The highest BCUT2D eigenvalue weighted by Crippen LogP contribution is 2.48. The van der Waals surface area contributed by atoms with Gasteiger partial charge in [0.2, 0.25) is 0 Å². The van der Waals surface area contributed by atoms with E-state index < -0.39 is 0 Å². The van der Waals surface area contributed by atoms with Crippen LogP contribution in [-0.2, 0) is 0 Å². The van der Waals surface area contributed by atoms with Crippen LogP contribution in [0.25, 0.3) is 82.4 Å². The average molecular weight is 647 g/mol. The minimum atomic E-state index is 0.463. The Morgan fingerprint density at radius 1 is 0.373 bits per heavy atom. The van der Waals surface area contributed by atoms with Crippen molar-refractivity contribution in [1.29, 1.82) is 15.8 Å². The molecule has 1 aromatic heterocycles. The Hall–Kier alpha value is -7.45. The third kappa shape index (κ3) is 4.51. The summed E-state index contributed by atoms with van der Waals surface area (Å²) in [5.74, 6) is 0. The Morgan fingerprint density at radius 3 is 1.57 bits per heavy atom. The number of nitrogens with zero attached hydrogens (tertiary/aromatic N) is 4. The molecule has 0 unspecified atom stereocenters. The zero-order valence-corrected chi connectivity index (χ0v) is 27.3. The lowest BCUT2D eigenvalue weighted by Gasteiger charge is -2.22. The lowest BCUT2D eigenvalue weighted by molar-refractivity contribution is 1.18. The zero-order chi connectivity index (χ0) is 34.5. The third-order valence-corrected chi connectivity index (χ3v) is 9.90. The van der Waals surface area contributed by atoms with Crippen LogP contribution in [0.2, 0.25) is 0 Å². The second kappa shape index (κ2) is 11.9. The van der Waals surface area contributed by atoms with Crippen LogP contribution in [0.4, 0.5) is 0 Å². The van der Waals surface area contributed by atoms with Gasteiger partial charge in [-0.2, -0.15) is 15.8 Å². The third-order valence-electron chi connectivity index (χ3n) is 9.90. The highest BCUT2D eigenvalue weighted by molar-refractivity contribution is 6.23. The van der Waals surface area contributed by atoms with Gasteiger partial charge in [-0.25, -0.2) is 0 Å². The first-order chi connectivity index (χ1) is 25.2. The van der Waals surface area contributed by atoms with Crippen LogP contribution in [-0.4, -0.2) is 4.57 Å². The monoisotopic (exact) mass is 646 g/mol. The molecule has 0 aliphatic rings. The Morgan fingerprint density at radius 2 is 0.922 bits per heavy atom. The van der Waals surface area contributed by atoms with Crippen LogP contribution >= 0.6 is 0 Å². The molecule has 0 atom stereocenters. The Labute approximate surface area is 294 Å². The van der Waals surface area contributed by atoms with Crippen molar-refractivity contribution in [2.75, 3.05) is 0 Å². The molecule has 0 fully saturated rings. The van der Waals surface area contributed by atoms with Gasteiger partial charge in [0.1, 0.15) is 0 Å². The van der Waals surface area contributed by atoms with E-state index in [1.807, 2.05) is 66.7 Å². The minimum absolute atomic E-state index is 0.463. The fourth-order valence-electron chi connectivity index (χ4n) is 7.84. The molecular weight excluding hydrogens is 621 g/mol. The number of para-hydroxylation sites is 1. The van der Waals surface area contributed by atoms with Gasteiger partial charge in [0.25, 0.3) is 0 Å². The summed E-state index contributed by atoms with van der Waals surface area (Å²) in [6.07, 6.45) is 0. The normalized spacial score (nSPS) is 11.1. The van der Waals surface area contributed by atoms with Gasteiger partial charge in [-0.05, 0) is 86.3 Å². The largest absolute Gasteiger partial charge is 0.309 e. The fourth-order valence-corrected chi connectivity index (χ4v) is 7.84. The van der Waals surface area contributed by atoms with E-state index in [4.69, 9.17) is 0 Å². The maximum Gasteiger partial charge on any atom is 0.0998 e. The van der Waals surface area contributed by atoms with E-state index in [1.54, 1.807) is 0 Å². The molecular formula is C47H26N4. The fraction of sp³-hybridized carbons (Fsp3) is 0. The first-order valence-corrected chi connectivity index (χ1v) is 16.7. The van der Waals surface area contributed by atoms with E-state index >= 15 is 0 Å². The summed E-state index contributed by atoms with van der Waals surface area (Å²) in [4.78, 5) is 0. The van der Waals surface area contributed by atoms with Crippen molar-refractivity contribution >= 4 is 43.4 Å². The Balaban J connectivity index is 1.45. The molecule has 4 heteroatoms. The number of fused-ring (bicyclic) bond motifs is 5. The number of hydrogen-bond acceptors (Lipinski definition) is 3. The summed E-state index contributed by atoms with van der Waals surface area (Å²) >= 11 is 0. The summed E-state index contributed by atoms with van der Waals surface area (Å²) < 4.78 is 2.16. The number of rotatable bonds is 4. The predicted octanol–water partition coefficient (Wildman–Crippen LogP) is 11.7. The topological polar surface area (TPSA) is 76.3 Å². The predicted molar refractivity (Wildman–Crippen MR) is 206 cm³/mol. The maximum absolute atomic E-state index is 10.8. The van der Waals surface area contributed by atoms with E-state index in [-0.39, 0.29) is 0 Å². The molecule has 234 valence electrons. The zero-order valence-electron chi connectivity index (χ0n) is 27.3. The molecule has 9 rings (SSSR count). The minimum Gasteiger partial charge on any atom is -0.309 e. The molecule has 0 spiro atoms. The second-order valence-corrected chi connectivity index (χ2v) is 12.6. The summed E-state index contributed by atoms with van der Waals surface area (Å²) in [7, 11) is 0. The van der Waals surface area contributed by atoms with E-state index in [1.165, 1.54) is 0 Å². The second-order valence-electron chi connectivity index (χ2n) is 12.6. The van der Waals surface area contributed by atoms with Crippen molar-refractivity contribution in [2.24, 2.45) is 0 Å². The van der Waals surface area contributed by atoms with Crippen molar-refractivity contribution in [1.82, 2.24) is 4.57 Å². The number of nitriles is 3. The summed E-state index contributed by atoms with van der Waals surface area (Å²) in [5.41, 5.74) is 9.70. The summed E-state index contributed by atoms with van der Waals surface area (Å²) in [5, 5.41) is 37.6. The molecule has 8 aromatic carbocycles. The van der Waals surface area contributed by atoms with Crippen LogP contribution in [0.1, 0.15) is 16.7 Å². The molecule has 0 radical (unpaired) electrons. The Bertz CT molecular complexity index is 2940. The molecule has 1 heterocycles. The quantitative estimate of drug-likeness (QED) is 0.179. The smallest absolute Gasteiger partial charge is 0.0998 e. The van der Waals surface area contributed by atoms with Crippen LogP contribution in [0.5, 0.6) is 0 Å². The molecule has 0 saturated carbocycles. The lowest BCUT2D eigenvalue weighted by Crippen LogP contribution is -2.02. The molecule has 0 bridgehead atoms. The van der Waals surface area contributed by atoms with Gasteiger partial charge in [0.15, 0.2) is 0 Å². The van der Waals surface area contributed by atoms with Crippen molar-refractivity contribution < 1.29 is 0 Å². The standard InChI is InChI=1S/C47H26N4/c48-27-30-24-25-42-40(26-30)34-16-8-9-22-41(34)51(42)43-23-11-15-33(29-50)46(43)45-32(28-49)14-10-21-39(45)47-37-19-6-4-17-35(37)44(31-12-2-1-3-13-31)36-18-5-7-20-38(36)47/h1-26H. The maximum atomic E-state index is 10.8. The van der Waals surface area contributed by atoms with Gasteiger partial charge in [0.05, 0.1) is 51.6 Å². The van der Waals surface area contributed by atoms with Crippen LogP contribution in [0, 0.1) is 34.0 Å². The number of aromatic nitrogens is 1. The molecule has 0 aliphatic heterocycles. The molecule has 0 amide bonds. The molecule has 0 saturated heterocycles. The molecule has 4 nitrogen and oxygen atoms in total. The van der Waals surface area contributed by atoms with Crippen molar-refractivity contribution in [3.63, 3.8) is 0 Å². The summed E-state index contributed by atoms with van der Waals surface area (Å²) in [6, 6.07) is 60.1. The Kier molecular flexibility index (Phi) is 6.93. The van der Waals surface area contributed by atoms with Crippen molar-refractivity contribution in [3.8, 4) is 57.3 Å². The van der Waals surface area contributed by atoms with Crippen LogP contribution in [0.15, 0.2) is 158 Å². The summed E-state index contributed by atoms with van der Waals surface area (Å²) in [6.45, 7) is 0. The van der Waals surface area contributed by atoms with E-state index in [0.29, 0.717) is 27.8 Å². The van der Waals surface area contributed by atoms with E-state index in [2.05, 4.69) is 114 Å². The van der Waals surface area contributed by atoms with E-state index in [0.717, 1.165) is 71.3 Å². The van der Waals surface area contributed by atoms with Crippen LogP contribution in [0.3, 0.4) is 0 Å². The number of benzene rings is 8. The van der Waals surface area contributed by atoms with Gasteiger partial charge in [-0.3, -0.25) is 0 Å². The number of hydrogen-bond donors (Lipinski definition) is 0. The highest BCUT2D eigenvalue weighted by atomic mass is 15.0. The van der Waals surface area contributed by atoms with Gasteiger partial charge in [0, 0.05) is 21.9 Å². The first-order valence-electron chi connectivity index (χ1n) is 16.7. The van der Waals surface area contributed by atoms with E-state index in [9.17, 15) is 15.8 Å². The van der Waals surface area contributed by atoms with Crippen molar-refractivity contribution in [3.05, 3.63) is 174 Å².